The number of unbranched alkanes of at least 4 members (excludes halogenated alkanes) is 1. The fourth-order valence-electron chi connectivity index (χ4n) is 3.87. The zero-order valence-corrected chi connectivity index (χ0v) is 15.0. The van der Waals surface area contributed by atoms with E-state index >= 15 is 0 Å². The minimum absolute atomic E-state index is 0.106. The van der Waals surface area contributed by atoms with Crippen LogP contribution in [-0.4, -0.2) is 29.5 Å². The zero-order chi connectivity index (χ0) is 17.8. The number of aromatic nitrogens is 1. The molecule has 2 heterocycles. The molecule has 1 aliphatic rings. The summed E-state index contributed by atoms with van der Waals surface area (Å²) in [7, 11) is 0. The summed E-state index contributed by atoms with van der Waals surface area (Å²) in [5.74, 6) is -0.106. The van der Waals surface area contributed by atoms with Crippen LogP contribution in [-0.2, 0) is 6.42 Å². The summed E-state index contributed by atoms with van der Waals surface area (Å²) in [6, 6.07) is 15.6. The fourth-order valence-corrected chi connectivity index (χ4v) is 3.87. The molecule has 1 aromatic heterocycles. The lowest BCUT2D eigenvalue weighted by atomic mass is 9.99. The molecule has 2 nitrogen and oxygen atoms in total. The first-order valence-electron chi connectivity index (χ1n) is 9.52. The van der Waals surface area contributed by atoms with Crippen LogP contribution in [0.5, 0.6) is 0 Å². The average molecular weight is 348 g/mol. The molecule has 0 spiro atoms. The van der Waals surface area contributed by atoms with Crippen molar-refractivity contribution >= 4 is 16.5 Å². The molecule has 0 aliphatic carbocycles. The van der Waals surface area contributed by atoms with Gasteiger partial charge >= 0.3 is 0 Å². The van der Waals surface area contributed by atoms with Crippen LogP contribution in [0.3, 0.4) is 0 Å². The minimum atomic E-state index is -0.106. The largest absolute Gasteiger partial charge is 0.361 e. The number of nitrogens with one attached hydrogen (secondary N) is 1. The molecule has 2 aromatic carbocycles. The molecule has 3 aromatic rings. The van der Waals surface area contributed by atoms with E-state index in [0.29, 0.717) is 0 Å². The van der Waals surface area contributed by atoms with Gasteiger partial charge in [-0.1, -0.05) is 42.5 Å². The number of para-hydroxylation sites is 1. The SMILES string of the molecule is Fc1ccccc1C1=CCN(CCCCc2c[nH]c3ccccc23)CC1. The predicted octanol–water partition coefficient (Wildman–Crippen LogP) is 5.42. The third-order valence-electron chi connectivity index (χ3n) is 5.36. The highest BCUT2D eigenvalue weighted by atomic mass is 19.1. The summed E-state index contributed by atoms with van der Waals surface area (Å²) in [5, 5.41) is 1.35. The molecule has 0 saturated heterocycles. The van der Waals surface area contributed by atoms with Gasteiger partial charge in [0.2, 0.25) is 0 Å². The molecule has 0 saturated carbocycles. The third-order valence-corrected chi connectivity index (χ3v) is 5.36. The van der Waals surface area contributed by atoms with E-state index < -0.39 is 0 Å². The number of aryl methyl sites for hydroxylation is 1. The molecular formula is C23H25FN2. The van der Waals surface area contributed by atoms with Crippen LogP contribution in [0.2, 0.25) is 0 Å². The Labute approximate surface area is 154 Å². The number of hydrogen-bond donors (Lipinski definition) is 1. The summed E-state index contributed by atoms with van der Waals surface area (Å²) in [4.78, 5) is 5.83. The number of hydrogen-bond acceptors (Lipinski definition) is 1. The van der Waals surface area contributed by atoms with Crippen molar-refractivity contribution in [3.05, 3.63) is 77.7 Å². The Bertz CT molecular complexity index is 909. The molecule has 3 heteroatoms. The second kappa shape index (κ2) is 7.88. The van der Waals surface area contributed by atoms with Gasteiger partial charge in [-0.25, -0.2) is 4.39 Å². The Morgan fingerprint density at radius 3 is 2.69 bits per heavy atom. The first-order chi connectivity index (χ1) is 12.8. The van der Waals surface area contributed by atoms with Crippen molar-refractivity contribution in [2.75, 3.05) is 19.6 Å². The first-order valence-corrected chi connectivity index (χ1v) is 9.52. The molecule has 0 bridgehead atoms. The smallest absolute Gasteiger partial charge is 0.130 e. The number of nitrogens with zero attached hydrogens (tertiary/aromatic N) is 1. The third kappa shape index (κ3) is 3.73. The van der Waals surface area contributed by atoms with Crippen molar-refractivity contribution in [2.24, 2.45) is 0 Å². The van der Waals surface area contributed by atoms with Crippen molar-refractivity contribution in [1.29, 1.82) is 0 Å². The van der Waals surface area contributed by atoms with Gasteiger partial charge < -0.3 is 4.98 Å². The number of fused-ring (bicyclic) bond motifs is 1. The number of rotatable bonds is 6. The van der Waals surface area contributed by atoms with Gasteiger partial charge in [0.15, 0.2) is 0 Å². The van der Waals surface area contributed by atoms with Gasteiger partial charge in [-0.2, -0.15) is 0 Å². The molecule has 0 atom stereocenters. The highest BCUT2D eigenvalue weighted by Crippen LogP contribution is 2.25. The topological polar surface area (TPSA) is 19.0 Å². The summed E-state index contributed by atoms with van der Waals surface area (Å²) < 4.78 is 13.9. The Kier molecular flexibility index (Phi) is 5.16. The molecule has 1 aliphatic heterocycles. The van der Waals surface area contributed by atoms with Gasteiger partial charge in [-0.05, 0) is 55.5 Å². The van der Waals surface area contributed by atoms with Gasteiger partial charge in [-0.15, -0.1) is 0 Å². The molecule has 4 rings (SSSR count). The Balaban J connectivity index is 1.26. The highest BCUT2D eigenvalue weighted by molar-refractivity contribution is 5.83. The standard InChI is InChI=1S/C23H25FN2/c24-22-10-3-1-8-20(22)18-12-15-26(16-13-18)14-6-5-7-19-17-25-23-11-4-2-9-21(19)23/h1-4,8-12,17,25H,5-7,13-16H2. The van der Waals surface area contributed by atoms with Crippen LogP contribution in [0.1, 0.15) is 30.4 Å². The molecule has 0 unspecified atom stereocenters. The molecule has 0 radical (unpaired) electrons. The Hall–Kier alpha value is -2.39. The van der Waals surface area contributed by atoms with Crippen LogP contribution >= 0.6 is 0 Å². The molecular weight excluding hydrogens is 323 g/mol. The second-order valence-corrected chi connectivity index (χ2v) is 7.08. The molecule has 26 heavy (non-hydrogen) atoms. The number of halogens is 1. The van der Waals surface area contributed by atoms with Gasteiger partial charge in [-0.3, -0.25) is 4.90 Å². The summed E-state index contributed by atoms with van der Waals surface area (Å²) >= 11 is 0. The quantitative estimate of drug-likeness (QED) is 0.589. The summed E-state index contributed by atoms with van der Waals surface area (Å²) in [5.41, 5.74) is 4.56. The lowest BCUT2D eigenvalue weighted by Crippen LogP contribution is -2.29. The van der Waals surface area contributed by atoms with Crippen molar-refractivity contribution in [1.82, 2.24) is 9.88 Å². The zero-order valence-electron chi connectivity index (χ0n) is 15.0. The van der Waals surface area contributed by atoms with Crippen molar-refractivity contribution in [3.8, 4) is 0 Å². The summed E-state index contributed by atoms with van der Waals surface area (Å²) in [6.45, 7) is 3.06. The van der Waals surface area contributed by atoms with E-state index in [-0.39, 0.29) is 5.82 Å². The second-order valence-electron chi connectivity index (χ2n) is 7.08. The molecule has 134 valence electrons. The van der Waals surface area contributed by atoms with Crippen LogP contribution in [0.15, 0.2) is 60.8 Å². The van der Waals surface area contributed by atoms with E-state index in [0.717, 1.165) is 43.6 Å². The van der Waals surface area contributed by atoms with Crippen LogP contribution in [0.4, 0.5) is 4.39 Å². The van der Waals surface area contributed by atoms with Crippen LogP contribution < -0.4 is 0 Å². The van der Waals surface area contributed by atoms with Crippen LogP contribution in [0.25, 0.3) is 16.5 Å². The van der Waals surface area contributed by atoms with Crippen molar-refractivity contribution in [3.63, 3.8) is 0 Å². The van der Waals surface area contributed by atoms with E-state index in [1.165, 1.54) is 29.3 Å². The highest BCUT2D eigenvalue weighted by Gasteiger charge is 2.14. The monoisotopic (exact) mass is 348 g/mol. The lowest BCUT2D eigenvalue weighted by molar-refractivity contribution is 0.295. The maximum atomic E-state index is 13.9. The number of H-pyrrole nitrogens is 1. The Morgan fingerprint density at radius 1 is 1.00 bits per heavy atom. The van der Waals surface area contributed by atoms with Crippen molar-refractivity contribution in [2.45, 2.75) is 25.7 Å². The van der Waals surface area contributed by atoms with E-state index in [1.54, 1.807) is 12.1 Å². The Morgan fingerprint density at radius 2 is 1.85 bits per heavy atom. The maximum Gasteiger partial charge on any atom is 0.130 e. The molecule has 0 fully saturated rings. The van der Waals surface area contributed by atoms with Crippen LogP contribution in [0, 0.1) is 5.82 Å². The normalized spacial score (nSPS) is 15.3. The minimum Gasteiger partial charge on any atom is -0.361 e. The predicted molar refractivity (Wildman–Crippen MR) is 107 cm³/mol. The number of benzene rings is 2. The first kappa shape index (κ1) is 17.0. The summed E-state index contributed by atoms with van der Waals surface area (Å²) in [6.07, 6.45) is 8.79. The van der Waals surface area contributed by atoms with E-state index in [4.69, 9.17) is 0 Å². The van der Waals surface area contributed by atoms with Gasteiger partial charge in [0.25, 0.3) is 0 Å². The van der Waals surface area contributed by atoms with Gasteiger partial charge in [0, 0.05) is 35.8 Å². The fraction of sp³-hybridized carbons (Fsp3) is 0.304. The van der Waals surface area contributed by atoms with Crippen molar-refractivity contribution < 1.29 is 4.39 Å². The average Bonchev–Trinajstić information content (AvgIpc) is 3.09. The van der Waals surface area contributed by atoms with Gasteiger partial charge in [0.05, 0.1) is 0 Å². The lowest BCUT2D eigenvalue weighted by Gasteiger charge is -2.26. The van der Waals surface area contributed by atoms with E-state index in [9.17, 15) is 4.39 Å². The molecule has 1 N–H and O–H groups in total. The molecule has 0 amide bonds. The number of aromatic amines is 1. The van der Waals surface area contributed by atoms with E-state index in [1.807, 2.05) is 12.1 Å². The van der Waals surface area contributed by atoms with Gasteiger partial charge in [0.1, 0.15) is 5.82 Å². The van der Waals surface area contributed by atoms with E-state index in [2.05, 4.69) is 46.4 Å². The maximum absolute atomic E-state index is 13.9.